The van der Waals surface area contributed by atoms with Crippen LogP contribution in [0.25, 0.3) is 11.0 Å². The second-order valence-electron chi connectivity index (χ2n) is 5.22. The molecule has 0 unspecified atom stereocenters. The summed E-state index contributed by atoms with van der Waals surface area (Å²) in [5.74, 6) is -0.596. The highest BCUT2D eigenvalue weighted by Gasteiger charge is 2.19. The molecule has 0 spiro atoms. The lowest BCUT2D eigenvalue weighted by atomic mass is 10.1. The maximum atomic E-state index is 13.6. The zero-order chi connectivity index (χ0) is 15.9. The standard InChI is InChI=1S/C15H12FNO3S2/c1-15(2,19)12-7-17-14(22-12)21-8-3-4-9-10(16)6-13(18)20-11(9)5-8/h3-7,19H,1-2H3. The molecule has 0 amide bonds. The molecule has 0 radical (unpaired) electrons. The zero-order valence-electron chi connectivity index (χ0n) is 11.8. The van der Waals surface area contributed by atoms with Crippen molar-refractivity contribution in [1.82, 2.24) is 4.98 Å². The fourth-order valence-electron chi connectivity index (χ4n) is 1.86. The Morgan fingerprint density at radius 3 is 2.82 bits per heavy atom. The van der Waals surface area contributed by atoms with Crippen LogP contribution in [0.1, 0.15) is 18.7 Å². The van der Waals surface area contributed by atoms with Gasteiger partial charge in [0.2, 0.25) is 0 Å². The summed E-state index contributed by atoms with van der Waals surface area (Å²) in [7, 11) is 0. The lowest BCUT2D eigenvalue weighted by Gasteiger charge is -2.12. The summed E-state index contributed by atoms with van der Waals surface area (Å²) in [4.78, 5) is 17.0. The third kappa shape index (κ3) is 3.06. The van der Waals surface area contributed by atoms with Crippen LogP contribution in [0.3, 0.4) is 0 Å². The molecule has 3 rings (SSSR count). The van der Waals surface area contributed by atoms with Gasteiger partial charge < -0.3 is 9.52 Å². The smallest absolute Gasteiger partial charge is 0.339 e. The Balaban J connectivity index is 1.94. The topological polar surface area (TPSA) is 63.3 Å². The van der Waals surface area contributed by atoms with Crippen molar-refractivity contribution in [2.75, 3.05) is 0 Å². The van der Waals surface area contributed by atoms with Crippen LogP contribution in [0.15, 0.2) is 48.9 Å². The van der Waals surface area contributed by atoms with Gasteiger partial charge >= 0.3 is 5.63 Å². The number of benzene rings is 1. The molecule has 0 aliphatic rings. The first-order chi connectivity index (χ1) is 10.3. The van der Waals surface area contributed by atoms with Gasteiger partial charge in [-0.2, -0.15) is 0 Å². The maximum absolute atomic E-state index is 13.6. The Labute approximate surface area is 133 Å². The Morgan fingerprint density at radius 1 is 1.36 bits per heavy atom. The van der Waals surface area contributed by atoms with E-state index in [4.69, 9.17) is 4.42 Å². The third-order valence-electron chi connectivity index (χ3n) is 2.96. The van der Waals surface area contributed by atoms with E-state index < -0.39 is 17.0 Å². The summed E-state index contributed by atoms with van der Waals surface area (Å²) in [5, 5.41) is 10.2. The first-order valence-electron chi connectivity index (χ1n) is 6.43. The van der Waals surface area contributed by atoms with Crippen molar-refractivity contribution >= 4 is 34.1 Å². The number of thiazole rings is 1. The first kappa shape index (κ1) is 15.2. The van der Waals surface area contributed by atoms with E-state index in [9.17, 15) is 14.3 Å². The van der Waals surface area contributed by atoms with Gasteiger partial charge in [0.05, 0.1) is 21.9 Å². The molecule has 0 aliphatic carbocycles. The number of nitrogens with zero attached hydrogens (tertiary/aromatic N) is 1. The molecule has 114 valence electrons. The fourth-order valence-corrected chi connectivity index (χ4v) is 3.84. The molecule has 7 heteroatoms. The van der Waals surface area contributed by atoms with Crippen molar-refractivity contribution in [3.63, 3.8) is 0 Å². The van der Waals surface area contributed by atoms with Crippen molar-refractivity contribution in [1.29, 1.82) is 0 Å². The summed E-state index contributed by atoms with van der Waals surface area (Å²) >= 11 is 2.74. The highest BCUT2D eigenvalue weighted by atomic mass is 32.2. The molecule has 22 heavy (non-hydrogen) atoms. The van der Waals surface area contributed by atoms with Gasteiger partial charge in [0.15, 0.2) is 4.34 Å². The Kier molecular flexibility index (Phi) is 3.80. The summed E-state index contributed by atoms with van der Waals surface area (Å²) in [5.41, 5.74) is -1.45. The highest BCUT2D eigenvalue weighted by Crippen LogP contribution is 2.36. The van der Waals surface area contributed by atoms with E-state index in [0.717, 1.165) is 20.2 Å². The van der Waals surface area contributed by atoms with Crippen LogP contribution in [0.2, 0.25) is 0 Å². The first-order valence-corrected chi connectivity index (χ1v) is 8.06. The van der Waals surface area contributed by atoms with Crippen LogP contribution in [0.4, 0.5) is 4.39 Å². The number of aliphatic hydroxyl groups is 1. The van der Waals surface area contributed by atoms with Gasteiger partial charge in [-0.3, -0.25) is 0 Å². The van der Waals surface area contributed by atoms with Crippen molar-refractivity contribution in [3.05, 3.63) is 51.6 Å². The van der Waals surface area contributed by atoms with Crippen LogP contribution in [-0.2, 0) is 5.60 Å². The Bertz CT molecular complexity index is 896. The summed E-state index contributed by atoms with van der Waals surface area (Å²) in [6.07, 6.45) is 1.63. The Hall–Kier alpha value is -1.70. The van der Waals surface area contributed by atoms with Crippen LogP contribution in [-0.4, -0.2) is 10.1 Å². The van der Waals surface area contributed by atoms with E-state index in [1.165, 1.54) is 23.1 Å². The van der Waals surface area contributed by atoms with Crippen LogP contribution in [0, 0.1) is 5.82 Å². The molecule has 1 N–H and O–H groups in total. The monoisotopic (exact) mass is 337 g/mol. The quantitative estimate of drug-likeness (QED) is 0.737. The van der Waals surface area contributed by atoms with Crippen LogP contribution < -0.4 is 5.63 Å². The van der Waals surface area contributed by atoms with Crippen molar-refractivity contribution in [2.24, 2.45) is 0 Å². The molecule has 0 bridgehead atoms. The predicted octanol–water partition coefficient (Wildman–Crippen LogP) is 3.77. The molecule has 4 nitrogen and oxygen atoms in total. The summed E-state index contributed by atoms with van der Waals surface area (Å²) < 4.78 is 19.4. The molecule has 0 saturated heterocycles. The van der Waals surface area contributed by atoms with Crippen molar-refractivity contribution in [3.8, 4) is 0 Å². The number of rotatable bonds is 3. The fraction of sp³-hybridized carbons (Fsp3) is 0.200. The number of halogens is 1. The van der Waals surface area contributed by atoms with E-state index in [2.05, 4.69) is 4.98 Å². The minimum absolute atomic E-state index is 0.203. The van der Waals surface area contributed by atoms with Crippen LogP contribution in [0.5, 0.6) is 0 Å². The Morgan fingerprint density at radius 2 is 2.14 bits per heavy atom. The average molecular weight is 337 g/mol. The van der Waals surface area contributed by atoms with E-state index in [1.807, 2.05) is 0 Å². The number of fused-ring (bicyclic) bond motifs is 1. The highest BCUT2D eigenvalue weighted by molar-refractivity contribution is 8.01. The molecule has 3 aromatic rings. The molecule has 2 aromatic heterocycles. The lowest BCUT2D eigenvalue weighted by Crippen LogP contribution is -2.12. The third-order valence-corrected chi connectivity index (χ3v) is 5.33. The SMILES string of the molecule is CC(C)(O)c1cnc(Sc2ccc3c(F)cc(=O)oc3c2)s1. The van der Waals surface area contributed by atoms with E-state index in [-0.39, 0.29) is 11.0 Å². The normalized spacial score (nSPS) is 12.0. The van der Waals surface area contributed by atoms with Gasteiger partial charge in [-0.1, -0.05) is 11.8 Å². The van der Waals surface area contributed by atoms with E-state index in [1.54, 1.807) is 38.2 Å². The molecule has 0 saturated carbocycles. The summed E-state index contributed by atoms with van der Waals surface area (Å²) in [6, 6.07) is 5.74. The molecular formula is C15H12FNO3S2. The second-order valence-corrected chi connectivity index (χ2v) is 7.57. The molecule has 0 fully saturated rings. The number of hydrogen-bond acceptors (Lipinski definition) is 6. The molecule has 2 heterocycles. The molecule has 0 aliphatic heterocycles. The van der Waals surface area contributed by atoms with Gasteiger partial charge in [-0.15, -0.1) is 11.3 Å². The van der Waals surface area contributed by atoms with Gasteiger partial charge in [-0.05, 0) is 32.0 Å². The maximum Gasteiger partial charge on any atom is 0.339 e. The minimum atomic E-state index is -0.935. The largest absolute Gasteiger partial charge is 0.422 e. The van der Waals surface area contributed by atoms with Crippen molar-refractivity contribution in [2.45, 2.75) is 28.7 Å². The van der Waals surface area contributed by atoms with Crippen molar-refractivity contribution < 1.29 is 13.9 Å². The summed E-state index contributed by atoms with van der Waals surface area (Å²) in [6.45, 7) is 3.39. The molecular weight excluding hydrogens is 325 g/mol. The predicted molar refractivity (Wildman–Crippen MR) is 83.9 cm³/mol. The van der Waals surface area contributed by atoms with Crippen LogP contribution >= 0.6 is 23.1 Å². The van der Waals surface area contributed by atoms with Gasteiger partial charge in [0, 0.05) is 11.1 Å². The number of aromatic nitrogens is 1. The van der Waals surface area contributed by atoms with Gasteiger partial charge in [0.1, 0.15) is 11.4 Å². The van der Waals surface area contributed by atoms with E-state index >= 15 is 0 Å². The zero-order valence-corrected chi connectivity index (χ0v) is 13.4. The van der Waals surface area contributed by atoms with Gasteiger partial charge in [-0.25, -0.2) is 14.2 Å². The second kappa shape index (κ2) is 5.49. The average Bonchev–Trinajstić information content (AvgIpc) is 2.86. The number of hydrogen-bond donors (Lipinski definition) is 1. The van der Waals surface area contributed by atoms with E-state index in [0.29, 0.717) is 0 Å². The lowest BCUT2D eigenvalue weighted by molar-refractivity contribution is 0.0823. The van der Waals surface area contributed by atoms with Gasteiger partial charge in [0.25, 0.3) is 0 Å². The minimum Gasteiger partial charge on any atom is -0.422 e. The molecule has 1 aromatic carbocycles. The molecule has 0 atom stereocenters.